The quantitative estimate of drug-likeness (QED) is 0.736. The average Bonchev–Trinajstić information content (AvgIpc) is 3.44. The molecule has 2 atom stereocenters. The summed E-state index contributed by atoms with van der Waals surface area (Å²) in [7, 11) is 0. The van der Waals surface area contributed by atoms with Gasteiger partial charge >= 0.3 is 0 Å². The van der Waals surface area contributed by atoms with Crippen molar-refractivity contribution in [3.05, 3.63) is 71.8 Å². The molecular formula is C21H22O. The van der Waals surface area contributed by atoms with Crippen LogP contribution in [-0.2, 0) is 4.79 Å². The second-order valence-corrected chi connectivity index (χ2v) is 6.85. The molecule has 1 nitrogen and oxygen atoms in total. The van der Waals surface area contributed by atoms with Crippen LogP contribution >= 0.6 is 0 Å². The predicted molar refractivity (Wildman–Crippen MR) is 88.8 cm³/mol. The lowest BCUT2D eigenvalue weighted by molar-refractivity contribution is -0.122. The summed E-state index contributed by atoms with van der Waals surface area (Å²) in [6, 6.07) is 20.9. The van der Waals surface area contributed by atoms with Crippen LogP contribution in [-0.4, -0.2) is 5.78 Å². The molecule has 2 aromatic rings. The summed E-state index contributed by atoms with van der Waals surface area (Å²) in [6.45, 7) is 0. The second kappa shape index (κ2) is 5.72. The Balaban J connectivity index is 1.68. The molecule has 2 aromatic carbocycles. The van der Waals surface area contributed by atoms with E-state index in [2.05, 4.69) is 48.5 Å². The third-order valence-electron chi connectivity index (χ3n) is 5.12. The molecule has 0 amide bonds. The zero-order chi connectivity index (χ0) is 14.9. The van der Waals surface area contributed by atoms with Gasteiger partial charge in [-0.25, -0.2) is 0 Å². The summed E-state index contributed by atoms with van der Waals surface area (Å²) in [5.74, 6) is 1.81. The van der Waals surface area contributed by atoms with Crippen LogP contribution in [0.3, 0.4) is 0 Å². The Kier molecular flexibility index (Phi) is 3.57. The van der Waals surface area contributed by atoms with Crippen molar-refractivity contribution in [2.24, 2.45) is 11.8 Å². The molecule has 2 unspecified atom stereocenters. The largest absolute Gasteiger partial charge is 0.298 e. The van der Waals surface area contributed by atoms with Gasteiger partial charge in [0.2, 0.25) is 0 Å². The lowest BCUT2D eigenvalue weighted by Gasteiger charge is -2.23. The molecule has 0 bridgehead atoms. The van der Waals surface area contributed by atoms with E-state index in [1.54, 1.807) is 0 Å². The molecule has 2 aliphatic carbocycles. The first-order valence-corrected chi connectivity index (χ1v) is 8.48. The lowest BCUT2D eigenvalue weighted by atomic mass is 9.79. The fourth-order valence-corrected chi connectivity index (χ4v) is 3.71. The maximum atomic E-state index is 13.4. The highest BCUT2D eigenvalue weighted by Crippen LogP contribution is 2.50. The third-order valence-corrected chi connectivity index (χ3v) is 5.12. The van der Waals surface area contributed by atoms with Gasteiger partial charge in [0.25, 0.3) is 0 Å². The van der Waals surface area contributed by atoms with Gasteiger partial charge in [0, 0.05) is 11.8 Å². The van der Waals surface area contributed by atoms with E-state index < -0.39 is 0 Å². The fourth-order valence-electron chi connectivity index (χ4n) is 3.71. The van der Waals surface area contributed by atoms with Crippen LogP contribution in [0, 0.1) is 11.8 Å². The average molecular weight is 290 g/mol. The van der Waals surface area contributed by atoms with E-state index in [-0.39, 0.29) is 11.8 Å². The van der Waals surface area contributed by atoms with Gasteiger partial charge in [-0.3, -0.25) is 4.79 Å². The summed E-state index contributed by atoms with van der Waals surface area (Å²) in [4.78, 5) is 13.4. The smallest absolute Gasteiger partial charge is 0.148 e. The Labute approximate surface area is 132 Å². The van der Waals surface area contributed by atoms with Crippen LogP contribution in [0.5, 0.6) is 0 Å². The maximum Gasteiger partial charge on any atom is 0.148 e. The Hall–Kier alpha value is -1.89. The van der Waals surface area contributed by atoms with Gasteiger partial charge in [-0.15, -0.1) is 0 Å². The molecule has 2 saturated carbocycles. The minimum Gasteiger partial charge on any atom is -0.298 e. The number of rotatable bonds is 6. The number of carbonyl (C=O) groups is 1. The van der Waals surface area contributed by atoms with Crippen molar-refractivity contribution in [1.82, 2.24) is 0 Å². The molecule has 0 aromatic heterocycles. The van der Waals surface area contributed by atoms with Gasteiger partial charge in [-0.1, -0.05) is 60.7 Å². The number of hydrogen-bond donors (Lipinski definition) is 0. The van der Waals surface area contributed by atoms with Crippen molar-refractivity contribution in [3.63, 3.8) is 0 Å². The maximum absolute atomic E-state index is 13.4. The topological polar surface area (TPSA) is 17.1 Å². The zero-order valence-electron chi connectivity index (χ0n) is 12.8. The molecule has 0 N–H and O–H groups in total. The fraction of sp³-hybridized carbons (Fsp3) is 0.381. The van der Waals surface area contributed by atoms with Gasteiger partial charge in [0.1, 0.15) is 5.78 Å². The minimum atomic E-state index is 0.104. The molecule has 0 heterocycles. The van der Waals surface area contributed by atoms with Crippen LogP contribution in [0.2, 0.25) is 0 Å². The first-order valence-electron chi connectivity index (χ1n) is 8.48. The van der Waals surface area contributed by atoms with E-state index >= 15 is 0 Å². The molecule has 22 heavy (non-hydrogen) atoms. The van der Waals surface area contributed by atoms with Crippen LogP contribution in [0.4, 0.5) is 0 Å². The molecule has 0 aliphatic heterocycles. The van der Waals surface area contributed by atoms with E-state index in [1.165, 1.54) is 36.8 Å². The van der Waals surface area contributed by atoms with E-state index in [0.29, 0.717) is 17.6 Å². The number of hydrogen-bond acceptors (Lipinski definition) is 1. The standard InChI is InChI=1S/C21H22O/c22-21(19(17-11-12-17)15-7-3-1-4-8-15)20(18-13-14-18)16-9-5-2-6-10-16/h1-10,17-20H,11-14H2. The first kappa shape index (κ1) is 13.8. The van der Waals surface area contributed by atoms with Crippen molar-refractivity contribution in [3.8, 4) is 0 Å². The van der Waals surface area contributed by atoms with Crippen molar-refractivity contribution < 1.29 is 4.79 Å². The van der Waals surface area contributed by atoms with Crippen molar-refractivity contribution in [1.29, 1.82) is 0 Å². The highest BCUT2D eigenvalue weighted by molar-refractivity contribution is 5.93. The summed E-state index contributed by atoms with van der Waals surface area (Å²) < 4.78 is 0. The molecule has 0 radical (unpaired) electrons. The monoisotopic (exact) mass is 290 g/mol. The predicted octanol–water partition coefficient (Wildman–Crippen LogP) is 4.94. The summed E-state index contributed by atoms with van der Waals surface area (Å²) >= 11 is 0. The van der Waals surface area contributed by atoms with E-state index in [9.17, 15) is 4.79 Å². The molecule has 112 valence electrons. The zero-order valence-corrected chi connectivity index (χ0v) is 12.8. The molecule has 4 rings (SSSR count). The SMILES string of the molecule is O=C(C(c1ccccc1)C1CC1)C(c1ccccc1)C1CC1. The van der Waals surface area contributed by atoms with Gasteiger partial charge in [-0.05, 0) is 48.6 Å². The molecule has 2 fully saturated rings. The van der Waals surface area contributed by atoms with E-state index in [4.69, 9.17) is 0 Å². The van der Waals surface area contributed by atoms with Crippen molar-refractivity contribution >= 4 is 5.78 Å². The highest BCUT2D eigenvalue weighted by Gasteiger charge is 2.45. The van der Waals surface area contributed by atoms with Gasteiger partial charge < -0.3 is 0 Å². The van der Waals surface area contributed by atoms with Crippen molar-refractivity contribution in [2.45, 2.75) is 37.5 Å². The van der Waals surface area contributed by atoms with Gasteiger partial charge in [-0.2, -0.15) is 0 Å². The number of Topliss-reactive ketones (excluding diaryl/α,β-unsaturated/α-hetero) is 1. The van der Waals surface area contributed by atoms with Crippen LogP contribution in [0.15, 0.2) is 60.7 Å². The van der Waals surface area contributed by atoms with Gasteiger partial charge in [0.15, 0.2) is 0 Å². The number of benzene rings is 2. The Bertz CT molecular complexity index is 581. The molecular weight excluding hydrogens is 268 g/mol. The Morgan fingerprint density at radius 3 is 1.36 bits per heavy atom. The van der Waals surface area contributed by atoms with Crippen LogP contribution < -0.4 is 0 Å². The second-order valence-electron chi connectivity index (χ2n) is 6.85. The summed E-state index contributed by atoms with van der Waals surface area (Å²) in [6.07, 6.45) is 4.82. The van der Waals surface area contributed by atoms with E-state index in [0.717, 1.165) is 0 Å². The van der Waals surface area contributed by atoms with Crippen molar-refractivity contribution in [2.75, 3.05) is 0 Å². The highest BCUT2D eigenvalue weighted by atomic mass is 16.1. The van der Waals surface area contributed by atoms with E-state index in [1.807, 2.05) is 12.1 Å². The van der Waals surface area contributed by atoms with Gasteiger partial charge in [0.05, 0.1) is 0 Å². The third kappa shape index (κ3) is 2.72. The summed E-state index contributed by atoms with van der Waals surface area (Å²) in [5.41, 5.74) is 2.44. The molecule has 2 aliphatic rings. The number of carbonyl (C=O) groups excluding carboxylic acids is 1. The number of ketones is 1. The Morgan fingerprint density at radius 1 is 0.682 bits per heavy atom. The van der Waals surface area contributed by atoms with Crippen LogP contribution in [0.1, 0.15) is 48.6 Å². The molecule has 0 saturated heterocycles. The Morgan fingerprint density at radius 2 is 1.05 bits per heavy atom. The normalized spacial score (nSPS) is 20.4. The first-order chi connectivity index (χ1) is 10.8. The van der Waals surface area contributed by atoms with Crippen LogP contribution in [0.25, 0.3) is 0 Å². The molecule has 0 spiro atoms. The summed E-state index contributed by atoms with van der Waals surface area (Å²) in [5, 5.41) is 0. The molecule has 1 heteroatoms. The lowest BCUT2D eigenvalue weighted by Crippen LogP contribution is -2.23. The minimum absolute atomic E-state index is 0.104.